The lowest BCUT2D eigenvalue weighted by Gasteiger charge is -2.32. The van der Waals surface area contributed by atoms with E-state index in [1.807, 2.05) is 18.2 Å². The summed E-state index contributed by atoms with van der Waals surface area (Å²) in [5.74, 6) is -0.107. The van der Waals surface area contributed by atoms with Crippen LogP contribution < -0.4 is 10.2 Å². The number of hydrogen-bond acceptors (Lipinski definition) is 6. The fourth-order valence-corrected chi connectivity index (χ4v) is 4.91. The number of imidazole rings is 1. The Hall–Kier alpha value is -3.53. The molecule has 2 N–H and O–H groups in total. The lowest BCUT2D eigenvalue weighted by molar-refractivity contribution is -0.135. The van der Waals surface area contributed by atoms with E-state index in [1.165, 1.54) is 12.3 Å². The van der Waals surface area contributed by atoms with Crippen LogP contribution in [0.4, 0.5) is 10.2 Å². The number of anilines is 1. The molecule has 0 saturated carbocycles. The molecule has 0 bridgehead atoms. The maximum Gasteiger partial charge on any atom is 0.271 e. The third-order valence-corrected chi connectivity index (χ3v) is 6.68. The minimum atomic E-state index is -0.496. The van der Waals surface area contributed by atoms with Crippen molar-refractivity contribution >= 4 is 23.3 Å². The molecule has 1 aromatic carbocycles. The summed E-state index contributed by atoms with van der Waals surface area (Å²) < 4.78 is 15.4. The molecule has 1 atom stereocenters. The molecule has 4 heterocycles. The Kier molecular flexibility index (Phi) is 6.14. The van der Waals surface area contributed by atoms with E-state index in [4.69, 9.17) is 10.2 Å². The van der Waals surface area contributed by atoms with E-state index >= 15 is 0 Å². The third kappa shape index (κ3) is 4.33. The number of fused-ring (bicyclic) bond motifs is 1. The third-order valence-electron chi connectivity index (χ3n) is 6.68. The topological polar surface area (TPSA) is 103 Å². The van der Waals surface area contributed by atoms with Crippen LogP contribution in [0.15, 0.2) is 42.6 Å². The zero-order chi connectivity index (χ0) is 23.7. The van der Waals surface area contributed by atoms with E-state index in [9.17, 15) is 14.0 Å². The van der Waals surface area contributed by atoms with Gasteiger partial charge in [0, 0.05) is 25.7 Å². The van der Waals surface area contributed by atoms with Gasteiger partial charge in [0.2, 0.25) is 5.91 Å². The standard InChI is InChI=1S/C24H27FN6O3/c25-17-4-1-3-16(13-17)19-5-2-10-30(19)22-7-6-21-26-14-20(31(21)28-22)24(34)27-18-8-11-29(12-9-18)23(33)15-32/h1,3-4,6-7,13-14,18-19,32H,2,5,8-12,15H2,(H,27,34)/t19-/m1/s1. The van der Waals surface area contributed by atoms with Gasteiger partial charge < -0.3 is 20.2 Å². The summed E-state index contributed by atoms with van der Waals surface area (Å²) in [5.41, 5.74) is 1.82. The zero-order valence-corrected chi connectivity index (χ0v) is 18.7. The van der Waals surface area contributed by atoms with Crippen molar-refractivity contribution in [2.24, 2.45) is 0 Å². The Morgan fingerprint density at radius 3 is 2.71 bits per heavy atom. The lowest BCUT2D eigenvalue weighted by atomic mass is 10.0. The highest BCUT2D eigenvalue weighted by Crippen LogP contribution is 2.35. The summed E-state index contributed by atoms with van der Waals surface area (Å²) >= 11 is 0. The summed E-state index contributed by atoms with van der Waals surface area (Å²) in [6, 6.07) is 10.3. The van der Waals surface area contributed by atoms with Crippen molar-refractivity contribution in [1.82, 2.24) is 24.8 Å². The summed E-state index contributed by atoms with van der Waals surface area (Å²) in [5, 5.41) is 16.8. The molecule has 0 radical (unpaired) electrons. The first-order chi connectivity index (χ1) is 16.5. The van der Waals surface area contributed by atoms with Crippen LogP contribution in [0.25, 0.3) is 5.65 Å². The molecule has 0 spiro atoms. The Bertz CT molecular complexity index is 1210. The highest BCUT2D eigenvalue weighted by molar-refractivity contribution is 5.93. The Morgan fingerprint density at radius 1 is 1.12 bits per heavy atom. The number of amides is 2. The van der Waals surface area contributed by atoms with E-state index in [2.05, 4.69) is 15.2 Å². The molecular formula is C24H27FN6O3. The van der Waals surface area contributed by atoms with Crippen LogP contribution in [-0.2, 0) is 4.79 Å². The van der Waals surface area contributed by atoms with Crippen LogP contribution in [0.3, 0.4) is 0 Å². The van der Waals surface area contributed by atoms with Gasteiger partial charge in [0.25, 0.3) is 5.91 Å². The monoisotopic (exact) mass is 466 g/mol. The zero-order valence-electron chi connectivity index (χ0n) is 18.7. The van der Waals surface area contributed by atoms with Crippen LogP contribution in [0.5, 0.6) is 0 Å². The van der Waals surface area contributed by atoms with Gasteiger partial charge in [-0.2, -0.15) is 0 Å². The molecule has 2 amide bonds. The van der Waals surface area contributed by atoms with E-state index in [0.717, 1.165) is 24.9 Å². The van der Waals surface area contributed by atoms with Gasteiger partial charge in [-0.15, -0.1) is 5.10 Å². The average molecular weight is 467 g/mol. The van der Waals surface area contributed by atoms with Gasteiger partial charge in [0.1, 0.15) is 18.2 Å². The quantitative estimate of drug-likeness (QED) is 0.596. The number of nitrogens with zero attached hydrogens (tertiary/aromatic N) is 5. The maximum absolute atomic E-state index is 13.8. The van der Waals surface area contributed by atoms with Gasteiger partial charge in [-0.3, -0.25) is 9.59 Å². The van der Waals surface area contributed by atoms with Gasteiger partial charge >= 0.3 is 0 Å². The molecule has 9 nitrogen and oxygen atoms in total. The molecular weight excluding hydrogens is 439 g/mol. The van der Waals surface area contributed by atoms with E-state index in [1.54, 1.807) is 21.5 Å². The van der Waals surface area contributed by atoms with Crippen molar-refractivity contribution in [2.75, 3.05) is 31.1 Å². The molecule has 2 aliphatic rings. The predicted octanol–water partition coefficient (Wildman–Crippen LogP) is 1.92. The second kappa shape index (κ2) is 9.38. The number of carbonyl (C=O) groups excluding carboxylic acids is 2. The van der Waals surface area contributed by atoms with Crippen LogP contribution in [0.1, 0.15) is 47.8 Å². The second-order valence-corrected chi connectivity index (χ2v) is 8.80. The van der Waals surface area contributed by atoms with Crippen LogP contribution in [0, 0.1) is 5.82 Å². The highest BCUT2D eigenvalue weighted by Gasteiger charge is 2.29. The fraction of sp³-hybridized carbons (Fsp3) is 0.417. The van der Waals surface area contributed by atoms with Crippen LogP contribution >= 0.6 is 0 Å². The average Bonchev–Trinajstić information content (AvgIpc) is 3.51. The van der Waals surface area contributed by atoms with Gasteiger partial charge in [-0.1, -0.05) is 12.1 Å². The first-order valence-electron chi connectivity index (χ1n) is 11.6. The molecule has 178 valence electrons. The van der Waals surface area contributed by atoms with Gasteiger partial charge in [-0.25, -0.2) is 13.9 Å². The number of likely N-dealkylation sites (tertiary alicyclic amines) is 1. The minimum Gasteiger partial charge on any atom is -0.387 e. The molecule has 3 aromatic rings. The number of aliphatic hydroxyl groups excluding tert-OH is 1. The fourth-order valence-electron chi connectivity index (χ4n) is 4.91. The molecule has 0 unspecified atom stereocenters. The molecule has 2 fully saturated rings. The maximum atomic E-state index is 13.8. The van der Waals surface area contributed by atoms with Crippen molar-refractivity contribution in [1.29, 1.82) is 0 Å². The minimum absolute atomic E-state index is 0.0215. The lowest BCUT2D eigenvalue weighted by Crippen LogP contribution is -2.47. The van der Waals surface area contributed by atoms with Gasteiger partial charge in [0.05, 0.1) is 12.2 Å². The number of rotatable bonds is 5. The van der Waals surface area contributed by atoms with E-state index < -0.39 is 6.61 Å². The smallest absolute Gasteiger partial charge is 0.271 e. The number of nitrogens with one attached hydrogen (secondary N) is 1. The Labute approximate surface area is 196 Å². The normalized spacial score (nSPS) is 19.1. The van der Waals surface area contributed by atoms with E-state index in [-0.39, 0.29) is 29.7 Å². The number of hydrogen-bond donors (Lipinski definition) is 2. The van der Waals surface area contributed by atoms with E-state index in [0.29, 0.717) is 43.1 Å². The first-order valence-corrected chi connectivity index (χ1v) is 11.6. The molecule has 0 aliphatic carbocycles. The van der Waals surface area contributed by atoms with Crippen molar-refractivity contribution in [3.63, 3.8) is 0 Å². The van der Waals surface area contributed by atoms with Crippen molar-refractivity contribution < 1.29 is 19.1 Å². The Morgan fingerprint density at radius 2 is 1.94 bits per heavy atom. The van der Waals surface area contributed by atoms with Crippen LogP contribution in [-0.4, -0.2) is 68.7 Å². The molecule has 34 heavy (non-hydrogen) atoms. The number of benzene rings is 1. The van der Waals surface area contributed by atoms with Gasteiger partial charge in [-0.05, 0) is 55.5 Å². The van der Waals surface area contributed by atoms with Gasteiger partial charge in [0.15, 0.2) is 11.3 Å². The number of piperidine rings is 1. The summed E-state index contributed by atoms with van der Waals surface area (Å²) in [4.78, 5) is 32.8. The second-order valence-electron chi connectivity index (χ2n) is 8.80. The van der Waals surface area contributed by atoms with Crippen LogP contribution in [0.2, 0.25) is 0 Å². The van der Waals surface area contributed by atoms with Crippen molar-refractivity contribution in [3.8, 4) is 0 Å². The van der Waals surface area contributed by atoms with Crippen molar-refractivity contribution in [2.45, 2.75) is 37.8 Å². The number of carbonyl (C=O) groups is 2. The Balaban J connectivity index is 1.33. The first kappa shape index (κ1) is 22.3. The molecule has 2 aliphatic heterocycles. The molecule has 2 aromatic heterocycles. The largest absolute Gasteiger partial charge is 0.387 e. The number of aliphatic hydroxyl groups is 1. The predicted molar refractivity (Wildman–Crippen MR) is 123 cm³/mol. The summed E-state index contributed by atoms with van der Waals surface area (Å²) in [7, 11) is 0. The molecule has 5 rings (SSSR count). The summed E-state index contributed by atoms with van der Waals surface area (Å²) in [6.45, 7) is 1.29. The number of halogens is 1. The summed E-state index contributed by atoms with van der Waals surface area (Å²) in [6.07, 6.45) is 4.62. The van der Waals surface area contributed by atoms with Crippen molar-refractivity contribution in [3.05, 3.63) is 59.7 Å². The molecule has 2 saturated heterocycles. The molecule has 10 heteroatoms. The highest BCUT2D eigenvalue weighted by atomic mass is 19.1. The number of aromatic nitrogens is 3. The SMILES string of the molecule is O=C(NC1CCN(C(=O)CO)CC1)c1cnc2ccc(N3CCC[C@@H]3c3cccc(F)c3)nn12.